The number of esters is 1. The van der Waals surface area contributed by atoms with Gasteiger partial charge in [0.2, 0.25) is 5.89 Å². The monoisotopic (exact) mass is 444 g/mol. The Hall–Kier alpha value is -4.46. The van der Waals surface area contributed by atoms with E-state index in [-0.39, 0.29) is 23.4 Å². The molecule has 0 radical (unpaired) electrons. The number of carbonyl (C=O) groups is 3. The van der Waals surface area contributed by atoms with Gasteiger partial charge in [0, 0.05) is 5.69 Å². The van der Waals surface area contributed by atoms with Gasteiger partial charge in [-0.05, 0) is 48.9 Å². The van der Waals surface area contributed by atoms with Gasteiger partial charge in [-0.3, -0.25) is 4.79 Å². The summed E-state index contributed by atoms with van der Waals surface area (Å²) in [7, 11) is 0. The summed E-state index contributed by atoms with van der Waals surface area (Å²) in [5.74, 6) is -2.10. The number of carboxylic acids is 1. The van der Waals surface area contributed by atoms with Crippen molar-refractivity contribution in [3.05, 3.63) is 83.9 Å². The Morgan fingerprint density at radius 1 is 1.03 bits per heavy atom. The van der Waals surface area contributed by atoms with E-state index in [0.717, 1.165) is 0 Å². The van der Waals surface area contributed by atoms with Crippen LogP contribution < -0.4 is 5.32 Å². The fourth-order valence-electron chi connectivity index (χ4n) is 3.30. The van der Waals surface area contributed by atoms with E-state index in [4.69, 9.17) is 14.3 Å². The van der Waals surface area contributed by atoms with E-state index in [1.54, 1.807) is 49.4 Å². The molecule has 166 valence electrons. The Morgan fingerprint density at radius 2 is 1.79 bits per heavy atom. The molecule has 33 heavy (non-hydrogen) atoms. The van der Waals surface area contributed by atoms with Crippen molar-refractivity contribution in [2.45, 2.75) is 19.4 Å². The number of anilines is 1. The smallest absolute Gasteiger partial charge is 0.339 e. The largest absolute Gasteiger partial charge is 0.478 e. The van der Waals surface area contributed by atoms with Crippen LogP contribution in [0.25, 0.3) is 22.6 Å². The second-order valence-corrected chi connectivity index (χ2v) is 7.21. The maximum absolute atomic E-state index is 13.0. The normalized spacial score (nSPS) is 11.7. The summed E-state index contributed by atoms with van der Waals surface area (Å²) >= 11 is 0. The Bertz CT molecular complexity index is 1310. The molecule has 0 aliphatic rings. The molecule has 1 heterocycles. The summed E-state index contributed by atoms with van der Waals surface area (Å²) in [4.78, 5) is 41.3. The molecule has 4 aromatic rings. The van der Waals surface area contributed by atoms with Crippen LogP contribution in [0.15, 0.2) is 77.2 Å². The average Bonchev–Trinajstić information content (AvgIpc) is 3.26. The van der Waals surface area contributed by atoms with Crippen LogP contribution in [0.1, 0.15) is 34.1 Å². The highest BCUT2D eigenvalue weighted by Gasteiger charge is 2.25. The summed E-state index contributed by atoms with van der Waals surface area (Å²) in [5.41, 5.74) is 2.23. The van der Waals surface area contributed by atoms with Crippen molar-refractivity contribution < 1.29 is 28.6 Å². The molecule has 2 N–H and O–H groups in total. The molecule has 8 heteroatoms. The molecule has 8 nitrogen and oxygen atoms in total. The number of benzene rings is 3. The summed E-state index contributed by atoms with van der Waals surface area (Å²) in [6.45, 7) is 1.71. The van der Waals surface area contributed by atoms with Crippen molar-refractivity contribution >= 4 is 34.6 Å². The van der Waals surface area contributed by atoms with E-state index in [9.17, 15) is 14.4 Å². The van der Waals surface area contributed by atoms with E-state index in [2.05, 4.69) is 10.3 Å². The lowest BCUT2D eigenvalue weighted by atomic mass is 10.1. The highest BCUT2D eigenvalue weighted by molar-refractivity contribution is 6.01. The first kappa shape index (κ1) is 21.8. The third-order valence-corrected chi connectivity index (χ3v) is 4.96. The van der Waals surface area contributed by atoms with Gasteiger partial charge in [0.1, 0.15) is 5.52 Å². The second-order valence-electron chi connectivity index (χ2n) is 7.21. The second kappa shape index (κ2) is 9.35. The van der Waals surface area contributed by atoms with Gasteiger partial charge >= 0.3 is 11.9 Å². The first-order chi connectivity index (χ1) is 16.0. The third-order valence-electron chi connectivity index (χ3n) is 4.96. The van der Waals surface area contributed by atoms with Crippen molar-refractivity contribution in [1.29, 1.82) is 0 Å². The summed E-state index contributed by atoms with van der Waals surface area (Å²) in [6, 6.07) is 19.8. The van der Waals surface area contributed by atoms with Crippen LogP contribution in [0.5, 0.6) is 0 Å². The van der Waals surface area contributed by atoms with Gasteiger partial charge in [0.05, 0.1) is 16.7 Å². The van der Waals surface area contributed by atoms with Gasteiger partial charge in [-0.25, -0.2) is 14.6 Å². The van der Waals surface area contributed by atoms with Gasteiger partial charge in [-0.2, -0.15) is 0 Å². The van der Waals surface area contributed by atoms with Gasteiger partial charge in [-0.15, -0.1) is 0 Å². The van der Waals surface area contributed by atoms with E-state index < -0.39 is 23.9 Å². The van der Waals surface area contributed by atoms with Crippen molar-refractivity contribution in [2.24, 2.45) is 0 Å². The summed E-state index contributed by atoms with van der Waals surface area (Å²) in [5, 5.41) is 11.7. The van der Waals surface area contributed by atoms with Gasteiger partial charge in [0.15, 0.2) is 11.7 Å². The van der Waals surface area contributed by atoms with Crippen LogP contribution in [0, 0.1) is 0 Å². The molecular formula is C25H20N2O6. The summed E-state index contributed by atoms with van der Waals surface area (Å²) in [6.07, 6.45) is -0.857. The molecule has 3 aromatic carbocycles. The minimum Gasteiger partial charge on any atom is -0.478 e. The van der Waals surface area contributed by atoms with Crippen LogP contribution in [-0.2, 0) is 9.53 Å². The number of amides is 1. The molecule has 1 atom stereocenters. The SMILES string of the molecule is CCC(OC(=O)c1ccccc1-c1nc2ccccc2o1)C(=O)Nc1cccc(C(=O)O)c1. The van der Waals surface area contributed by atoms with Crippen LogP contribution in [-0.4, -0.2) is 34.0 Å². The number of carbonyl (C=O) groups excluding carboxylic acids is 2. The maximum Gasteiger partial charge on any atom is 0.339 e. The Kier molecular flexibility index (Phi) is 6.17. The molecule has 0 saturated carbocycles. The first-order valence-corrected chi connectivity index (χ1v) is 10.3. The van der Waals surface area contributed by atoms with Gasteiger partial charge in [-0.1, -0.05) is 37.3 Å². The number of hydrogen-bond acceptors (Lipinski definition) is 6. The number of para-hydroxylation sites is 2. The summed E-state index contributed by atoms with van der Waals surface area (Å²) < 4.78 is 11.3. The lowest BCUT2D eigenvalue weighted by Gasteiger charge is -2.17. The number of rotatable bonds is 7. The number of carboxylic acid groups (broad SMARTS) is 1. The zero-order chi connectivity index (χ0) is 23.4. The lowest BCUT2D eigenvalue weighted by Crippen LogP contribution is -2.32. The molecule has 0 bridgehead atoms. The van der Waals surface area contributed by atoms with Gasteiger partial charge < -0.3 is 19.6 Å². The maximum atomic E-state index is 13.0. The lowest BCUT2D eigenvalue weighted by molar-refractivity contribution is -0.124. The molecule has 0 spiro atoms. The predicted molar refractivity (Wildman–Crippen MR) is 121 cm³/mol. The molecule has 0 aliphatic carbocycles. The van der Waals surface area contributed by atoms with Crippen molar-refractivity contribution in [3.63, 3.8) is 0 Å². The third kappa shape index (κ3) is 4.74. The van der Waals surface area contributed by atoms with Crippen LogP contribution in [0.2, 0.25) is 0 Å². The molecule has 0 saturated heterocycles. The molecule has 0 fully saturated rings. The zero-order valence-electron chi connectivity index (χ0n) is 17.6. The number of fused-ring (bicyclic) bond motifs is 1. The molecule has 1 amide bonds. The fraction of sp³-hybridized carbons (Fsp3) is 0.120. The van der Waals surface area contributed by atoms with E-state index in [1.807, 2.05) is 12.1 Å². The Morgan fingerprint density at radius 3 is 2.55 bits per heavy atom. The topological polar surface area (TPSA) is 119 Å². The highest BCUT2D eigenvalue weighted by Crippen LogP contribution is 2.28. The quantitative estimate of drug-likeness (QED) is 0.394. The highest BCUT2D eigenvalue weighted by atomic mass is 16.5. The van der Waals surface area contributed by atoms with Crippen LogP contribution >= 0.6 is 0 Å². The van der Waals surface area contributed by atoms with Crippen molar-refractivity contribution in [3.8, 4) is 11.5 Å². The standard InChI is InChI=1S/C25H20N2O6/c1-2-20(22(28)26-16-9-7-8-15(14-16)24(29)30)33-25(31)18-11-4-3-10-17(18)23-27-19-12-5-6-13-21(19)32-23/h3-14,20H,2H2,1H3,(H,26,28)(H,29,30). The number of oxazole rings is 1. The number of ether oxygens (including phenoxy) is 1. The molecule has 4 rings (SSSR count). The Labute approximate surface area is 188 Å². The number of hydrogen-bond donors (Lipinski definition) is 2. The van der Waals surface area contributed by atoms with Crippen LogP contribution in [0.3, 0.4) is 0 Å². The number of nitrogens with one attached hydrogen (secondary N) is 1. The Balaban J connectivity index is 1.54. The van der Waals surface area contributed by atoms with Crippen molar-refractivity contribution in [1.82, 2.24) is 4.98 Å². The number of nitrogens with zero attached hydrogens (tertiary/aromatic N) is 1. The average molecular weight is 444 g/mol. The molecule has 1 unspecified atom stereocenters. The number of aromatic nitrogens is 1. The number of aromatic carboxylic acids is 1. The van der Waals surface area contributed by atoms with Crippen molar-refractivity contribution in [2.75, 3.05) is 5.32 Å². The molecular weight excluding hydrogens is 424 g/mol. The molecule has 1 aromatic heterocycles. The first-order valence-electron chi connectivity index (χ1n) is 10.3. The van der Waals surface area contributed by atoms with Crippen LogP contribution in [0.4, 0.5) is 5.69 Å². The fourth-order valence-corrected chi connectivity index (χ4v) is 3.30. The van der Waals surface area contributed by atoms with E-state index >= 15 is 0 Å². The predicted octanol–water partition coefficient (Wildman–Crippen LogP) is 4.77. The molecule has 0 aliphatic heterocycles. The zero-order valence-corrected chi connectivity index (χ0v) is 17.6. The minimum atomic E-state index is -1.11. The van der Waals surface area contributed by atoms with E-state index in [0.29, 0.717) is 22.4 Å². The van der Waals surface area contributed by atoms with Gasteiger partial charge in [0.25, 0.3) is 5.91 Å². The van der Waals surface area contributed by atoms with E-state index in [1.165, 1.54) is 18.2 Å². The minimum absolute atomic E-state index is 0.0325.